The van der Waals surface area contributed by atoms with Gasteiger partial charge in [-0.05, 0) is 58.8 Å². The summed E-state index contributed by atoms with van der Waals surface area (Å²) in [7, 11) is 0. The Morgan fingerprint density at radius 2 is 2.00 bits per heavy atom. The maximum absolute atomic E-state index is 13.9. The predicted octanol–water partition coefficient (Wildman–Crippen LogP) is 5.51. The Morgan fingerprint density at radius 3 is 2.75 bits per heavy atom. The van der Waals surface area contributed by atoms with Crippen LogP contribution in [0.5, 0.6) is 0 Å². The van der Waals surface area contributed by atoms with Crippen LogP contribution < -0.4 is 0 Å². The molecule has 0 radical (unpaired) electrons. The third-order valence-electron chi connectivity index (χ3n) is 4.72. The van der Waals surface area contributed by atoms with Crippen LogP contribution in [0.1, 0.15) is 36.8 Å². The van der Waals surface area contributed by atoms with E-state index in [1.165, 1.54) is 6.07 Å². The van der Waals surface area contributed by atoms with E-state index in [0.717, 1.165) is 30.4 Å². The lowest BCUT2D eigenvalue weighted by Crippen LogP contribution is -2.35. The molecule has 0 amide bonds. The molecule has 0 N–H and O–H groups in total. The summed E-state index contributed by atoms with van der Waals surface area (Å²) in [6.07, 6.45) is 3.17. The highest BCUT2D eigenvalue weighted by atomic mass is 79.9. The molecule has 0 aromatic heterocycles. The molecule has 1 fully saturated rings. The van der Waals surface area contributed by atoms with Gasteiger partial charge in [-0.3, -0.25) is 0 Å². The third kappa shape index (κ3) is 3.53. The first-order valence-corrected chi connectivity index (χ1v) is 8.95. The highest BCUT2D eigenvalue weighted by molar-refractivity contribution is 9.10. The van der Waals surface area contributed by atoms with Crippen LogP contribution in [0.4, 0.5) is 4.39 Å². The minimum atomic E-state index is -0.694. The van der Waals surface area contributed by atoms with Crippen LogP contribution in [-0.4, -0.2) is 6.10 Å². The van der Waals surface area contributed by atoms with E-state index in [1.807, 2.05) is 36.4 Å². The number of nitrogens with zero attached hydrogens (tertiary/aromatic N) is 1. The fraction of sp³-hybridized carbons (Fsp3) is 0.350. The van der Waals surface area contributed by atoms with Gasteiger partial charge in [0, 0.05) is 0 Å². The Kier molecular flexibility index (Phi) is 5.33. The average molecular weight is 388 g/mol. The van der Waals surface area contributed by atoms with Crippen LogP contribution in [0.15, 0.2) is 53.0 Å². The van der Waals surface area contributed by atoms with Gasteiger partial charge >= 0.3 is 0 Å². The molecule has 0 heterocycles. The van der Waals surface area contributed by atoms with E-state index in [2.05, 4.69) is 22.0 Å². The molecule has 2 atom stereocenters. The van der Waals surface area contributed by atoms with Crippen molar-refractivity contribution in [2.24, 2.45) is 0 Å². The smallest absolute Gasteiger partial charge is 0.137 e. The molecule has 2 nitrogen and oxygen atoms in total. The van der Waals surface area contributed by atoms with Gasteiger partial charge in [0.25, 0.3) is 0 Å². The van der Waals surface area contributed by atoms with Crippen molar-refractivity contribution < 1.29 is 9.13 Å². The lowest BCUT2D eigenvalue weighted by molar-refractivity contribution is 0.00259. The summed E-state index contributed by atoms with van der Waals surface area (Å²) in [4.78, 5) is 0. The Labute approximate surface area is 150 Å². The quantitative estimate of drug-likeness (QED) is 0.692. The van der Waals surface area contributed by atoms with E-state index in [9.17, 15) is 9.65 Å². The van der Waals surface area contributed by atoms with Crippen molar-refractivity contribution in [3.8, 4) is 6.07 Å². The molecular formula is C20H19BrFNO. The van der Waals surface area contributed by atoms with Gasteiger partial charge in [-0.15, -0.1) is 0 Å². The number of ether oxygens (including phenoxy) is 1. The van der Waals surface area contributed by atoms with Gasteiger partial charge in [0.2, 0.25) is 0 Å². The molecule has 1 saturated carbocycles. The van der Waals surface area contributed by atoms with Gasteiger partial charge < -0.3 is 4.74 Å². The normalized spacial score (nSPS) is 23.6. The maximum atomic E-state index is 13.9. The Bertz CT molecular complexity index is 743. The van der Waals surface area contributed by atoms with E-state index in [1.54, 1.807) is 6.07 Å². The number of nitriles is 1. The first kappa shape index (κ1) is 17.1. The third-order valence-corrected chi connectivity index (χ3v) is 5.52. The molecule has 0 spiro atoms. The number of halogens is 2. The van der Waals surface area contributed by atoms with Gasteiger partial charge in [-0.2, -0.15) is 5.26 Å². The fourth-order valence-electron chi connectivity index (χ4n) is 3.43. The molecule has 0 aliphatic heterocycles. The van der Waals surface area contributed by atoms with Crippen LogP contribution in [0.3, 0.4) is 0 Å². The van der Waals surface area contributed by atoms with Crippen LogP contribution in [0.2, 0.25) is 0 Å². The zero-order chi connectivity index (χ0) is 17.0. The SMILES string of the molecule is N#CC1(c2cccc(F)c2Br)CCCC(OCc2ccccc2)C1. The van der Waals surface area contributed by atoms with Crippen molar-refractivity contribution in [2.45, 2.75) is 43.8 Å². The second-order valence-corrected chi connectivity index (χ2v) is 7.10. The molecule has 3 rings (SSSR count). The highest BCUT2D eigenvalue weighted by Crippen LogP contribution is 2.43. The van der Waals surface area contributed by atoms with E-state index >= 15 is 0 Å². The summed E-state index contributed by atoms with van der Waals surface area (Å²) in [5.74, 6) is -0.325. The summed E-state index contributed by atoms with van der Waals surface area (Å²) in [5, 5.41) is 9.86. The number of hydrogen-bond donors (Lipinski definition) is 0. The van der Waals surface area contributed by atoms with Gasteiger partial charge in [0.15, 0.2) is 0 Å². The number of hydrogen-bond acceptors (Lipinski definition) is 2. The molecule has 24 heavy (non-hydrogen) atoms. The van der Waals surface area contributed by atoms with E-state index in [4.69, 9.17) is 4.74 Å². The summed E-state index contributed by atoms with van der Waals surface area (Å²) < 4.78 is 20.4. The van der Waals surface area contributed by atoms with E-state index in [-0.39, 0.29) is 11.9 Å². The van der Waals surface area contributed by atoms with Crippen molar-refractivity contribution in [1.82, 2.24) is 0 Å². The predicted molar refractivity (Wildman–Crippen MR) is 94.9 cm³/mol. The lowest BCUT2D eigenvalue weighted by Gasteiger charge is -2.36. The Hall–Kier alpha value is -1.70. The van der Waals surface area contributed by atoms with Gasteiger partial charge in [-0.1, -0.05) is 42.5 Å². The maximum Gasteiger partial charge on any atom is 0.137 e. The zero-order valence-corrected chi connectivity index (χ0v) is 14.9. The van der Waals surface area contributed by atoms with Crippen LogP contribution in [0, 0.1) is 17.1 Å². The second kappa shape index (κ2) is 7.46. The van der Waals surface area contributed by atoms with Crippen LogP contribution in [0.25, 0.3) is 0 Å². The van der Waals surface area contributed by atoms with Gasteiger partial charge in [-0.25, -0.2) is 4.39 Å². The van der Waals surface area contributed by atoms with Crippen molar-refractivity contribution >= 4 is 15.9 Å². The average Bonchev–Trinajstić information content (AvgIpc) is 2.63. The summed E-state index contributed by atoms with van der Waals surface area (Å²) in [5.41, 5.74) is 1.16. The van der Waals surface area contributed by atoms with Crippen LogP contribution >= 0.6 is 15.9 Å². The van der Waals surface area contributed by atoms with Crippen molar-refractivity contribution in [1.29, 1.82) is 5.26 Å². The largest absolute Gasteiger partial charge is 0.373 e. The molecule has 124 valence electrons. The molecule has 0 bridgehead atoms. The second-order valence-electron chi connectivity index (χ2n) is 6.31. The lowest BCUT2D eigenvalue weighted by atomic mass is 9.69. The molecule has 2 aromatic rings. The summed E-state index contributed by atoms with van der Waals surface area (Å²) >= 11 is 3.32. The molecular weight excluding hydrogens is 369 g/mol. The summed E-state index contributed by atoms with van der Waals surface area (Å²) in [6.45, 7) is 0.539. The highest BCUT2D eigenvalue weighted by Gasteiger charge is 2.40. The van der Waals surface area contributed by atoms with Gasteiger partial charge in [0.05, 0.1) is 28.7 Å². The number of benzene rings is 2. The monoisotopic (exact) mass is 387 g/mol. The number of rotatable bonds is 4. The van der Waals surface area contributed by atoms with Crippen molar-refractivity contribution in [3.05, 3.63) is 69.9 Å². The molecule has 1 aliphatic rings. The Morgan fingerprint density at radius 1 is 1.21 bits per heavy atom. The first-order chi connectivity index (χ1) is 11.6. The minimum absolute atomic E-state index is 0.00812. The van der Waals surface area contributed by atoms with Crippen molar-refractivity contribution in [2.75, 3.05) is 0 Å². The first-order valence-electron chi connectivity index (χ1n) is 8.16. The van der Waals surface area contributed by atoms with Crippen LogP contribution in [-0.2, 0) is 16.8 Å². The zero-order valence-electron chi connectivity index (χ0n) is 13.3. The molecule has 2 unspecified atom stereocenters. The summed E-state index contributed by atoms with van der Waals surface area (Å²) in [6, 6.07) is 17.4. The standard InChI is InChI=1S/C20H19BrFNO/c21-19-17(9-4-10-18(19)22)20(14-23)11-5-8-16(12-20)24-13-15-6-2-1-3-7-15/h1-4,6-7,9-10,16H,5,8,11-13H2. The van der Waals surface area contributed by atoms with E-state index in [0.29, 0.717) is 17.5 Å². The molecule has 1 aliphatic carbocycles. The molecule has 2 aromatic carbocycles. The Balaban J connectivity index is 1.77. The fourth-order valence-corrected chi connectivity index (χ4v) is 4.08. The van der Waals surface area contributed by atoms with E-state index < -0.39 is 5.41 Å². The topological polar surface area (TPSA) is 33.0 Å². The molecule has 0 saturated heterocycles. The van der Waals surface area contributed by atoms with Gasteiger partial charge in [0.1, 0.15) is 5.82 Å². The van der Waals surface area contributed by atoms with Crippen molar-refractivity contribution in [3.63, 3.8) is 0 Å². The minimum Gasteiger partial charge on any atom is -0.373 e. The molecule has 4 heteroatoms.